The molecule has 1 atom stereocenters. The standard InChI is InChI=1S/C11H15BrN2O2/c1-7(2)10(13)5-8-3-4-9(12)6-11(8)14(15)16/h3-4,6-7,10H,5,13H2,1-2H3. The minimum absolute atomic E-state index is 0.0557. The predicted molar refractivity (Wildman–Crippen MR) is 67.3 cm³/mol. The Morgan fingerprint density at radius 1 is 1.50 bits per heavy atom. The lowest BCUT2D eigenvalue weighted by molar-refractivity contribution is -0.385. The van der Waals surface area contributed by atoms with Crippen molar-refractivity contribution >= 4 is 21.6 Å². The quantitative estimate of drug-likeness (QED) is 0.683. The van der Waals surface area contributed by atoms with Crippen molar-refractivity contribution in [3.63, 3.8) is 0 Å². The Kier molecular flexibility index (Phi) is 4.44. The highest BCUT2D eigenvalue weighted by Gasteiger charge is 2.17. The first-order chi connectivity index (χ1) is 7.41. The topological polar surface area (TPSA) is 69.2 Å². The van der Waals surface area contributed by atoms with E-state index in [0.29, 0.717) is 22.4 Å². The SMILES string of the molecule is CC(C)C(N)Cc1ccc(Br)cc1[N+](=O)[O-]. The van der Waals surface area contributed by atoms with Crippen molar-refractivity contribution < 1.29 is 4.92 Å². The fourth-order valence-electron chi connectivity index (χ4n) is 1.37. The number of benzene rings is 1. The highest BCUT2D eigenvalue weighted by molar-refractivity contribution is 9.10. The van der Waals surface area contributed by atoms with Gasteiger partial charge in [-0.15, -0.1) is 0 Å². The molecule has 16 heavy (non-hydrogen) atoms. The molecule has 0 aliphatic heterocycles. The van der Waals surface area contributed by atoms with Gasteiger partial charge in [-0.05, 0) is 18.4 Å². The highest BCUT2D eigenvalue weighted by atomic mass is 79.9. The first-order valence-electron chi connectivity index (χ1n) is 5.10. The number of hydrogen-bond donors (Lipinski definition) is 1. The molecule has 0 saturated heterocycles. The summed E-state index contributed by atoms with van der Waals surface area (Å²) in [6.07, 6.45) is 0.529. The first kappa shape index (κ1) is 13.1. The lowest BCUT2D eigenvalue weighted by Gasteiger charge is -2.15. The zero-order valence-electron chi connectivity index (χ0n) is 9.31. The molecular formula is C11H15BrN2O2. The van der Waals surface area contributed by atoms with Crippen molar-refractivity contribution in [2.45, 2.75) is 26.3 Å². The van der Waals surface area contributed by atoms with Crippen molar-refractivity contribution in [3.05, 3.63) is 38.3 Å². The van der Waals surface area contributed by atoms with Crippen molar-refractivity contribution in [3.8, 4) is 0 Å². The van der Waals surface area contributed by atoms with Crippen LogP contribution in [0.4, 0.5) is 5.69 Å². The molecular weight excluding hydrogens is 272 g/mol. The molecule has 2 N–H and O–H groups in total. The summed E-state index contributed by atoms with van der Waals surface area (Å²) in [7, 11) is 0. The van der Waals surface area contributed by atoms with Crippen molar-refractivity contribution in [1.82, 2.24) is 0 Å². The second kappa shape index (κ2) is 5.41. The Morgan fingerprint density at radius 2 is 2.12 bits per heavy atom. The minimum atomic E-state index is -0.368. The number of halogens is 1. The lowest BCUT2D eigenvalue weighted by atomic mass is 9.96. The Labute approximate surface area is 103 Å². The van der Waals surface area contributed by atoms with Gasteiger partial charge in [0.05, 0.1) is 4.92 Å². The van der Waals surface area contributed by atoms with Crippen LogP contribution < -0.4 is 5.73 Å². The number of nitro groups is 1. The second-order valence-electron chi connectivity index (χ2n) is 4.14. The summed E-state index contributed by atoms with van der Waals surface area (Å²) < 4.78 is 0.709. The maximum absolute atomic E-state index is 10.9. The maximum Gasteiger partial charge on any atom is 0.273 e. The number of hydrogen-bond acceptors (Lipinski definition) is 3. The normalized spacial score (nSPS) is 12.8. The monoisotopic (exact) mass is 286 g/mol. The van der Waals surface area contributed by atoms with E-state index in [0.717, 1.165) is 0 Å². The van der Waals surface area contributed by atoms with Crippen LogP contribution >= 0.6 is 15.9 Å². The van der Waals surface area contributed by atoms with Gasteiger partial charge < -0.3 is 5.73 Å². The Morgan fingerprint density at radius 3 is 2.62 bits per heavy atom. The third-order valence-electron chi connectivity index (χ3n) is 2.56. The van der Waals surface area contributed by atoms with Gasteiger partial charge in [-0.1, -0.05) is 35.8 Å². The van der Waals surface area contributed by atoms with Gasteiger partial charge in [0.2, 0.25) is 0 Å². The van der Waals surface area contributed by atoms with Gasteiger partial charge in [-0.25, -0.2) is 0 Å². The van der Waals surface area contributed by atoms with Crippen LogP contribution in [0, 0.1) is 16.0 Å². The number of nitrogens with zero attached hydrogens (tertiary/aromatic N) is 1. The summed E-state index contributed by atoms with van der Waals surface area (Å²) in [4.78, 5) is 10.5. The summed E-state index contributed by atoms with van der Waals surface area (Å²) in [6, 6.07) is 5.02. The molecule has 4 nitrogen and oxygen atoms in total. The molecule has 0 amide bonds. The van der Waals surface area contributed by atoms with Gasteiger partial charge in [0.15, 0.2) is 0 Å². The van der Waals surface area contributed by atoms with E-state index >= 15 is 0 Å². The van der Waals surface area contributed by atoms with Crippen LogP contribution in [0.3, 0.4) is 0 Å². The fourth-order valence-corrected chi connectivity index (χ4v) is 1.72. The van der Waals surface area contributed by atoms with E-state index < -0.39 is 0 Å². The Bertz CT molecular complexity index is 394. The molecule has 0 aromatic heterocycles. The molecule has 1 rings (SSSR count). The summed E-state index contributed by atoms with van der Waals surface area (Å²) in [5.74, 6) is 0.309. The van der Waals surface area contributed by atoms with E-state index in [1.807, 2.05) is 13.8 Å². The average molecular weight is 287 g/mol. The van der Waals surface area contributed by atoms with Gasteiger partial charge in [0.25, 0.3) is 5.69 Å². The fraction of sp³-hybridized carbons (Fsp3) is 0.455. The molecule has 0 aliphatic carbocycles. The molecule has 1 aromatic rings. The van der Waals surface area contributed by atoms with Crippen molar-refractivity contribution in [1.29, 1.82) is 0 Å². The molecule has 1 unspecified atom stereocenters. The second-order valence-corrected chi connectivity index (χ2v) is 5.06. The molecule has 0 fully saturated rings. The highest BCUT2D eigenvalue weighted by Crippen LogP contribution is 2.25. The maximum atomic E-state index is 10.9. The van der Waals surface area contributed by atoms with Gasteiger partial charge in [-0.2, -0.15) is 0 Å². The van der Waals surface area contributed by atoms with E-state index in [2.05, 4.69) is 15.9 Å². The van der Waals surface area contributed by atoms with Gasteiger partial charge in [-0.3, -0.25) is 10.1 Å². The van der Waals surface area contributed by atoms with E-state index in [-0.39, 0.29) is 16.7 Å². The van der Waals surface area contributed by atoms with Crippen molar-refractivity contribution in [2.24, 2.45) is 11.7 Å². The molecule has 88 valence electrons. The van der Waals surface area contributed by atoms with Crippen LogP contribution in [-0.4, -0.2) is 11.0 Å². The smallest absolute Gasteiger partial charge is 0.273 e. The Hall–Kier alpha value is -0.940. The third kappa shape index (κ3) is 3.28. The van der Waals surface area contributed by atoms with E-state index in [4.69, 9.17) is 5.73 Å². The molecule has 0 spiro atoms. The van der Waals surface area contributed by atoms with Gasteiger partial charge in [0, 0.05) is 22.1 Å². The summed E-state index contributed by atoms with van der Waals surface area (Å²) in [5, 5.41) is 10.9. The van der Waals surface area contributed by atoms with Crippen LogP contribution in [0.25, 0.3) is 0 Å². The molecule has 5 heteroatoms. The van der Waals surface area contributed by atoms with Crippen LogP contribution in [0.5, 0.6) is 0 Å². The number of nitrogens with two attached hydrogens (primary N) is 1. The van der Waals surface area contributed by atoms with Crippen LogP contribution in [0.1, 0.15) is 19.4 Å². The molecule has 0 radical (unpaired) electrons. The van der Waals surface area contributed by atoms with Crippen molar-refractivity contribution in [2.75, 3.05) is 0 Å². The zero-order valence-corrected chi connectivity index (χ0v) is 10.9. The van der Waals surface area contributed by atoms with E-state index in [1.165, 1.54) is 6.07 Å². The van der Waals surface area contributed by atoms with Gasteiger partial charge in [0.1, 0.15) is 0 Å². The predicted octanol–water partition coefficient (Wildman–Crippen LogP) is 2.88. The zero-order chi connectivity index (χ0) is 12.3. The minimum Gasteiger partial charge on any atom is -0.327 e. The summed E-state index contributed by atoms with van der Waals surface area (Å²) >= 11 is 3.22. The summed E-state index contributed by atoms with van der Waals surface area (Å²) in [5.41, 5.74) is 6.74. The number of rotatable bonds is 4. The van der Waals surface area contributed by atoms with E-state index in [9.17, 15) is 10.1 Å². The first-order valence-corrected chi connectivity index (χ1v) is 5.89. The van der Waals surface area contributed by atoms with E-state index in [1.54, 1.807) is 12.1 Å². The van der Waals surface area contributed by atoms with Crippen LogP contribution in [0.2, 0.25) is 0 Å². The van der Waals surface area contributed by atoms with Gasteiger partial charge >= 0.3 is 0 Å². The third-order valence-corrected chi connectivity index (χ3v) is 3.05. The molecule has 0 bridgehead atoms. The lowest BCUT2D eigenvalue weighted by Crippen LogP contribution is -2.29. The Balaban J connectivity index is 2.99. The van der Waals surface area contributed by atoms with Crippen LogP contribution in [0.15, 0.2) is 22.7 Å². The molecule has 0 heterocycles. The number of nitro benzene ring substituents is 1. The average Bonchev–Trinajstić information content (AvgIpc) is 2.20. The largest absolute Gasteiger partial charge is 0.327 e. The molecule has 0 aliphatic rings. The van der Waals surface area contributed by atoms with Crippen LogP contribution in [-0.2, 0) is 6.42 Å². The summed E-state index contributed by atoms with van der Waals surface area (Å²) in [6.45, 7) is 4.02. The molecule has 0 saturated carbocycles. The molecule has 1 aromatic carbocycles.